The van der Waals surface area contributed by atoms with Crippen LogP contribution in [-0.2, 0) is 4.74 Å². The highest BCUT2D eigenvalue weighted by Crippen LogP contribution is 2.27. The normalized spacial score (nSPS) is 28.9. The largest absolute Gasteiger partial charge is 0.394 e. The number of ether oxygens (including phenoxy) is 1. The van der Waals surface area contributed by atoms with Gasteiger partial charge in [0.1, 0.15) is 18.3 Å². The maximum Gasteiger partial charge on any atom is 0.330 e. The number of hydrogen-bond acceptors (Lipinski definition) is 7. The summed E-state index contributed by atoms with van der Waals surface area (Å²) in [5.74, 6) is 0. The number of aromatic amines is 1. The van der Waals surface area contributed by atoms with E-state index in [4.69, 9.17) is 15.1 Å². The molecule has 1 aromatic heterocycles. The van der Waals surface area contributed by atoms with Crippen LogP contribution in [0.4, 0.5) is 0 Å². The van der Waals surface area contributed by atoms with Crippen LogP contribution in [0.2, 0.25) is 0 Å². The first-order valence-corrected chi connectivity index (χ1v) is 6.03. The molecule has 4 atom stereocenters. The Kier molecular flexibility index (Phi) is 4.35. The number of aliphatic hydroxyl groups is 3. The average molecular weight is 295 g/mol. The second-order valence-electron chi connectivity index (χ2n) is 4.44. The third kappa shape index (κ3) is 2.79. The van der Waals surface area contributed by atoms with Crippen molar-refractivity contribution in [2.75, 3.05) is 6.61 Å². The van der Waals surface area contributed by atoms with Crippen molar-refractivity contribution in [2.24, 2.45) is 0 Å². The highest BCUT2D eigenvalue weighted by atomic mass is 16.6. The topological polar surface area (TPSA) is 149 Å². The van der Waals surface area contributed by atoms with E-state index >= 15 is 0 Å². The van der Waals surface area contributed by atoms with Gasteiger partial charge < -0.3 is 20.1 Å². The van der Waals surface area contributed by atoms with E-state index < -0.39 is 42.4 Å². The smallest absolute Gasteiger partial charge is 0.330 e. The number of nitrogens with zero attached hydrogens (tertiary/aromatic N) is 2. The minimum absolute atomic E-state index is 0.00823. The molecule has 21 heavy (non-hydrogen) atoms. The van der Waals surface area contributed by atoms with Gasteiger partial charge in [-0.05, 0) is 6.08 Å². The van der Waals surface area contributed by atoms with Crippen molar-refractivity contribution in [3.8, 4) is 6.07 Å². The third-order valence-electron chi connectivity index (χ3n) is 3.12. The first-order chi connectivity index (χ1) is 9.99. The van der Waals surface area contributed by atoms with Crippen molar-refractivity contribution in [2.45, 2.75) is 24.5 Å². The molecule has 4 N–H and O–H groups in total. The van der Waals surface area contributed by atoms with E-state index in [1.165, 1.54) is 6.08 Å². The molecule has 0 amide bonds. The Morgan fingerprint density at radius 3 is 2.71 bits per heavy atom. The maximum absolute atomic E-state index is 11.8. The third-order valence-corrected chi connectivity index (χ3v) is 3.12. The van der Waals surface area contributed by atoms with Gasteiger partial charge in [0.05, 0.1) is 18.2 Å². The van der Waals surface area contributed by atoms with Crippen LogP contribution < -0.4 is 11.2 Å². The molecular formula is C12H13N3O6. The van der Waals surface area contributed by atoms with Gasteiger partial charge in [0.15, 0.2) is 6.23 Å². The van der Waals surface area contributed by atoms with Crippen LogP contribution in [0.1, 0.15) is 11.8 Å². The quantitative estimate of drug-likeness (QED) is 0.457. The summed E-state index contributed by atoms with van der Waals surface area (Å²) < 4.78 is 6.09. The summed E-state index contributed by atoms with van der Waals surface area (Å²) in [6, 6.07) is 1.70. The van der Waals surface area contributed by atoms with E-state index in [2.05, 4.69) is 0 Å². The van der Waals surface area contributed by atoms with Gasteiger partial charge in [-0.3, -0.25) is 14.3 Å². The van der Waals surface area contributed by atoms with Gasteiger partial charge in [0, 0.05) is 12.3 Å². The van der Waals surface area contributed by atoms with Gasteiger partial charge in [-0.2, -0.15) is 5.26 Å². The summed E-state index contributed by atoms with van der Waals surface area (Å²) in [6.07, 6.45) is -1.75. The lowest BCUT2D eigenvalue weighted by Gasteiger charge is -2.17. The van der Waals surface area contributed by atoms with Crippen molar-refractivity contribution >= 4 is 6.08 Å². The lowest BCUT2D eigenvalue weighted by molar-refractivity contribution is -0.0550. The molecule has 0 radical (unpaired) electrons. The second-order valence-corrected chi connectivity index (χ2v) is 4.44. The van der Waals surface area contributed by atoms with Gasteiger partial charge in [0.25, 0.3) is 5.56 Å². The molecule has 0 spiro atoms. The van der Waals surface area contributed by atoms with Gasteiger partial charge in [0.2, 0.25) is 0 Å². The molecular weight excluding hydrogens is 282 g/mol. The van der Waals surface area contributed by atoms with Crippen LogP contribution in [0.5, 0.6) is 0 Å². The first kappa shape index (κ1) is 15.1. The highest BCUT2D eigenvalue weighted by Gasteiger charge is 2.43. The number of aliphatic hydroxyl groups excluding tert-OH is 3. The van der Waals surface area contributed by atoms with Crippen LogP contribution in [0, 0.1) is 11.3 Å². The molecule has 0 aliphatic carbocycles. The Balaban J connectivity index is 2.45. The number of rotatable bonds is 3. The minimum atomic E-state index is -1.45. The molecule has 0 unspecified atom stereocenters. The fourth-order valence-corrected chi connectivity index (χ4v) is 2.05. The SMILES string of the molecule is N#C/C=C/c1cn([C@@H]2O[C@H](CO)[C@@H](O)[C@H]2O)c(=O)[nH]c1=O. The zero-order chi connectivity index (χ0) is 15.6. The van der Waals surface area contributed by atoms with Crippen molar-refractivity contribution < 1.29 is 20.1 Å². The fraction of sp³-hybridized carbons (Fsp3) is 0.417. The van der Waals surface area contributed by atoms with Crippen LogP contribution >= 0.6 is 0 Å². The van der Waals surface area contributed by atoms with E-state index in [9.17, 15) is 19.8 Å². The Morgan fingerprint density at radius 1 is 1.43 bits per heavy atom. The molecule has 1 saturated heterocycles. The second kappa shape index (κ2) is 6.02. The molecule has 1 aromatic rings. The number of nitriles is 1. The van der Waals surface area contributed by atoms with Gasteiger partial charge in [-0.25, -0.2) is 4.79 Å². The summed E-state index contributed by atoms with van der Waals surface area (Å²) in [6.45, 7) is -0.534. The Labute approximate surface area is 118 Å². The zero-order valence-corrected chi connectivity index (χ0v) is 10.7. The zero-order valence-electron chi connectivity index (χ0n) is 10.7. The molecule has 1 aliphatic rings. The molecule has 2 heterocycles. The number of allylic oxidation sites excluding steroid dienone is 1. The maximum atomic E-state index is 11.8. The van der Waals surface area contributed by atoms with E-state index in [0.29, 0.717) is 0 Å². The lowest BCUT2D eigenvalue weighted by Crippen LogP contribution is -2.38. The molecule has 9 heteroatoms. The minimum Gasteiger partial charge on any atom is -0.394 e. The van der Waals surface area contributed by atoms with Crippen LogP contribution in [0.25, 0.3) is 6.08 Å². The molecule has 0 bridgehead atoms. The summed E-state index contributed by atoms with van der Waals surface area (Å²) >= 11 is 0. The van der Waals surface area contributed by atoms with Crippen LogP contribution in [0.3, 0.4) is 0 Å². The summed E-state index contributed by atoms with van der Waals surface area (Å²) in [7, 11) is 0. The summed E-state index contributed by atoms with van der Waals surface area (Å²) in [5, 5.41) is 37.0. The molecule has 0 aromatic carbocycles. The van der Waals surface area contributed by atoms with Crippen molar-refractivity contribution in [3.63, 3.8) is 0 Å². The fourth-order valence-electron chi connectivity index (χ4n) is 2.05. The summed E-state index contributed by atoms with van der Waals surface area (Å²) in [4.78, 5) is 25.4. The summed E-state index contributed by atoms with van der Waals surface area (Å²) in [5.41, 5.74) is -1.53. The van der Waals surface area contributed by atoms with Crippen LogP contribution in [0.15, 0.2) is 21.9 Å². The van der Waals surface area contributed by atoms with Crippen LogP contribution in [-0.4, -0.2) is 49.8 Å². The van der Waals surface area contributed by atoms with Crippen molar-refractivity contribution in [3.05, 3.63) is 38.7 Å². The molecule has 2 rings (SSSR count). The van der Waals surface area contributed by atoms with Gasteiger partial charge in [-0.1, -0.05) is 0 Å². The lowest BCUT2D eigenvalue weighted by atomic mass is 10.1. The Bertz CT molecular complexity index is 700. The number of nitrogens with one attached hydrogen (secondary N) is 1. The van der Waals surface area contributed by atoms with E-state index in [1.807, 2.05) is 4.98 Å². The van der Waals surface area contributed by atoms with Gasteiger partial charge in [-0.15, -0.1) is 0 Å². The van der Waals surface area contributed by atoms with E-state index in [0.717, 1.165) is 16.8 Å². The predicted molar refractivity (Wildman–Crippen MR) is 69.0 cm³/mol. The molecule has 1 fully saturated rings. The van der Waals surface area contributed by atoms with E-state index in [-0.39, 0.29) is 5.56 Å². The predicted octanol–water partition coefficient (Wildman–Crippen LogP) is -2.32. The number of H-pyrrole nitrogens is 1. The Morgan fingerprint density at radius 2 is 2.14 bits per heavy atom. The highest BCUT2D eigenvalue weighted by molar-refractivity contribution is 5.49. The number of hydrogen-bond donors (Lipinski definition) is 4. The molecule has 112 valence electrons. The number of aromatic nitrogens is 2. The first-order valence-electron chi connectivity index (χ1n) is 6.03. The Hall–Kier alpha value is -2.25. The van der Waals surface area contributed by atoms with Crippen molar-refractivity contribution in [1.29, 1.82) is 5.26 Å². The molecule has 9 nitrogen and oxygen atoms in total. The molecule has 1 aliphatic heterocycles. The van der Waals surface area contributed by atoms with E-state index in [1.54, 1.807) is 6.07 Å². The molecule has 0 saturated carbocycles. The monoisotopic (exact) mass is 295 g/mol. The van der Waals surface area contributed by atoms with Gasteiger partial charge >= 0.3 is 5.69 Å². The van der Waals surface area contributed by atoms with Crippen molar-refractivity contribution in [1.82, 2.24) is 9.55 Å². The standard InChI is InChI=1S/C12H13N3O6/c13-3-1-2-6-4-15(12(20)14-10(6)19)11-9(18)8(17)7(5-16)21-11/h1-2,4,7-9,11,16-18H,5H2,(H,14,19,20)/b2-1+/t7-,8-,9-,11-/m1/s1. The average Bonchev–Trinajstić information content (AvgIpc) is 2.74.